The average Bonchev–Trinajstić information content (AvgIpc) is 2.54. The van der Waals surface area contributed by atoms with Crippen molar-refractivity contribution in [3.05, 3.63) is 74.7 Å². The maximum Gasteiger partial charge on any atom is 0.379 e. The van der Waals surface area contributed by atoms with E-state index in [0.29, 0.717) is 27.1 Å². The summed E-state index contributed by atoms with van der Waals surface area (Å²) in [6.07, 6.45) is 1.34. The summed E-state index contributed by atoms with van der Waals surface area (Å²) in [7, 11) is 3.25. The van der Waals surface area contributed by atoms with Crippen LogP contribution in [0.3, 0.4) is 0 Å². The molecular formula is C19H18Cl3F3O2. The van der Waals surface area contributed by atoms with E-state index in [-0.39, 0.29) is 0 Å². The van der Waals surface area contributed by atoms with Gasteiger partial charge in [-0.3, -0.25) is 4.79 Å². The van der Waals surface area contributed by atoms with Gasteiger partial charge in [-0.15, -0.1) is 0 Å². The minimum atomic E-state index is -3.67. The van der Waals surface area contributed by atoms with Gasteiger partial charge in [-0.1, -0.05) is 47.4 Å². The SMILES string of the molecule is C=C(Cc1cc(Cl)cc(Cl)c1)c1ccc(C=O)c(Cl)c1.COC.FC(F)F. The van der Waals surface area contributed by atoms with Crippen molar-refractivity contribution in [1.29, 1.82) is 0 Å². The number of carbonyl (C=O) groups excluding carboxylic acids is 1. The minimum Gasteiger partial charge on any atom is -0.388 e. The number of carbonyl (C=O) groups is 1. The van der Waals surface area contributed by atoms with E-state index >= 15 is 0 Å². The van der Waals surface area contributed by atoms with Crippen molar-refractivity contribution in [2.75, 3.05) is 14.2 Å². The largest absolute Gasteiger partial charge is 0.388 e. The van der Waals surface area contributed by atoms with Crippen molar-refractivity contribution >= 4 is 46.7 Å². The number of benzene rings is 2. The molecule has 0 unspecified atom stereocenters. The number of hydrogen-bond donors (Lipinski definition) is 0. The second-order valence-corrected chi connectivity index (χ2v) is 6.35. The van der Waals surface area contributed by atoms with Crippen molar-refractivity contribution in [3.8, 4) is 0 Å². The van der Waals surface area contributed by atoms with Gasteiger partial charge in [0.15, 0.2) is 6.29 Å². The topological polar surface area (TPSA) is 26.3 Å². The fraction of sp³-hybridized carbons (Fsp3) is 0.211. The van der Waals surface area contributed by atoms with Crippen molar-refractivity contribution in [3.63, 3.8) is 0 Å². The molecular weight excluding hydrogens is 424 g/mol. The third-order valence-electron chi connectivity index (χ3n) is 2.88. The molecule has 2 aromatic rings. The Morgan fingerprint density at radius 1 is 1.07 bits per heavy atom. The number of methoxy groups -OCH3 is 1. The number of halogens is 6. The monoisotopic (exact) mass is 440 g/mol. The van der Waals surface area contributed by atoms with Crippen LogP contribution in [0.15, 0.2) is 43.0 Å². The van der Waals surface area contributed by atoms with Crippen LogP contribution in [0.4, 0.5) is 13.2 Å². The summed E-state index contributed by atoms with van der Waals surface area (Å²) < 4.78 is 33.2. The van der Waals surface area contributed by atoms with E-state index in [2.05, 4.69) is 11.3 Å². The van der Waals surface area contributed by atoms with E-state index in [1.165, 1.54) is 0 Å². The number of ether oxygens (including phenoxy) is 1. The molecule has 2 nitrogen and oxygen atoms in total. The van der Waals surface area contributed by atoms with E-state index in [1.54, 1.807) is 32.4 Å². The van der Waals surface area contributed by atoms with Gasteiger partial charge in [0, 0.05) is 29.8 Å². The van der Waals surface area contributed by atoms with Gasteiger partial charge in [0.05, 0.1) is 5.02 Å². The smallest absolute Gasteiger partial charge is 0.379 e. The maximum atomic E-state index is 10.7. The van der Waals surface area contributed by atoms with Crippen LogP contribution in [0.25, 0.3) is 5.57 Å². The molecule has 0 aliphatic rings. The fourth-order valence-corrected chi connectivity index (χ4v) is 2.70. The van der Waals surface area contributed by atoms with E-state index in [4.69, 9.17) is 34.8 Å². The van der Waals surface area contributed by atoms with E-state index in [9.17, 15) is 18.0 Å². The number of aldehydes is 1. The van der Waals surface area contributed by atoms with Crippen molar-refractivity contribution in [2.45, 2.75) is 13.1 Å². The lowest BCUT2D eigenvalue weighted by molar-refractivity contribution is 0.00819. The standard InChI is InChI=1S/C16H11Cl3O.C2H6O.CHF3/c1-10(4-11-5-14(17)8-15(18)6-11)12-2-3-13(9-20)16(19)7-12;1-3-2;2-1(3)4/h2-3,5-9H,1,4H2;1-2H3;1H. The van der Waals surface area contributed by atoms with E-state index in [1.807, 2.05) is 18.2 Å². The Morgan fingerprint density at radius 2 is 1.56 bits per heavy atom. The summed E-state index contributed by atoms with van der Waals surface area (Å²) in [5.74, 6) is 0. The number of allylic oxidation sites excluding steroid dienone is 1. The first-order valence-corrected chi connectivity index (χ1v) is 8.48. The van der Waals surface area contributed by atoms with Gasteiger partial charge in [0.1, 0.15) is 0 Å². The number of hydrogen-bond acceptors (Lipinski definition) is 2. The van der Waals surface area contributed by atoms with Gasteiger partial charge < -0.3 is 4.74 Å². The molecule has 0 aliphatic carbocycles. The predicted octanol–water partition coefficient (Wildman–Crippen LogP) is 7.16. The Hall–Kier alpha value is -1.53. The van der Waals surface area contributed by atoms with Crippen molar-refractivity contribution < 1.29 is 22.7 Å². The van der Waals surface area contributed by atoms with Crippen LogP contribution in [0.2, 0.25) is 15.1 Å². The second kappa shape index (κ2) is 13.6. The normalized spacial score (nSPS) is 9.67. The summed E-state index contributed by atoms with van der Waals surface area (Å²) >= 11 is 18.0. The molecule has 27 heavy (non-hydrogen) atoms. The van der Waals surface area contributed by atoms with E-state index < -0.39 is 6.68 Å². The molecule has 8 heteroatoms. The Labute approximate surface area is 171 Å². The second-order valence-electron chi connectivity index (χ2n) is 5.07. The maximum absolute atomic E-state index is 10.7. The molecule has 0 fully saturated rings. The van der Waals surface area contributed by atoms with Gasteiger partial charge in [0.25, 0.3) is 0 Å². The van der Waals surface area contributed by atoms with Crippen LogP contribution in [0.5, 0.6) is 0 Å². The van der Waals surface area contributed by atoms with Gasteiger partial charge in [0.2, 0.25) is 0 Å². The summed E-state index contributed by atoms with van der Waals surface area (Å²) in [4.78, 5) is 10.7. The zero-order valence-electron chi connectivity index (χ0n) is 14.6. The molecule has 0 N–H and O–H groups in total. The molecule has 0 aliphatic heterocycles. The van der Waals surface area contributed by atoms with Crippen LogP contribution >= 0.6 is 34.8 Å². The molecule has 0 saturated heterocycles. The lowest BCUT2D eigenvalue weighted by Crippen LogP contribution is -1.92. The summed E-state index contributed by atoms with van der Waals surface area (Å²) in [5, 5.41) is 1.60. The number of rotatable bonds is 4. The van der Waals surface area contributed by atoms with Gasteiger partial charge in [-0.25, -0.2) is 0 Å². The Morgan fingerprint density at radius 3 is 1.96 bits per heavy atom. The lowest BCUT2D eigenvalue weighted by Gasteiger charge is -2.08. The zero-order valence-corrected chi connectivity index (χ0v) is 16.9. The third-order valence-corrected chi connectivity index (χ3v) is 3.64. The van der Waals surface area contributed by atoms with Gasteiger partial charge in [-0.2, -0.15) is 13.2 Å². The average molecular weight is 442 g/mol. The van der Waals surface area contributed by atoms with Crippen LogP contribution in [-0.2, 0) is 11.2 Å². The number of alkyl halides is 3. The van der Waals surface area contributed by atoms with Gasteiger partial charge in [-0.05, 0) is 53.5 Å². The first-order chi connectivity index (χ1) is 12.6. The summed E-state index contributed by atoms with van der Waals surface area (Å²) in [6, 6.07) is 10.6. The van der Waals surface area contributed by atoms with Crippen molar-refractivity contribution in [1.82, 2.24) is 0 Å². The van der Waals surface area contributed by atoms with Crippen LogP contribution < -0.4 is 0 Å². The predicted molar refractivity (Wildman–Crippen MR) is 106 cm³/mol. The minimum absolute atomic E-state index is 0.419. The molecule has 0 aromatic heterocycles. The highest BCUT2D eigenvalue weighted by atomic mass is 35.5. The highest BCUT2D eigenvalue weighted by Crippen LogP contribution is 2.26. The molecule has 0 amide bonds. The lowest BCUT2D eigenvalue weighted by atomic mass is 9.99. The molecule has 2 aromatic carbocycles. The molecule has 0 atom stereocenters. The Bertz CT molecular complexity index is 730. The Balaban J connectivity index is 0.000000836. The molecule has 0 radical (unpaired) electrons. The summed E-state index contributed by atoms with van der Waals surface area (Å²) in [6.45, 7) is 0.376. The molecule has 2 rings (SSSR count). The highest BCUT2D eigenvalue weighted by molar-refractivity contribution is 6.34. The molecule has 0 saturated carbocycles. The first-order valence-electron chi connectivity index (χ1n) is 7.34. The van der Waals surface area contributed by atoms with Crippen molar-refractivity contribution in [2.24, 2.45) is 0 Å². The van der Waals surface area contributed by atoms with Crippen LogP contribution in [0.1, 0.15) is 21.5 Å². The molecule has 0 spiro atoms. The Kier molecular flexibility index (Phi) is 12.8. The molecule has 0 bridgehead atoms. The summed E-state index contributed by atoms with van der Waals surface area (Å²) in [5.41, 5.74) is 3.21. The highest BCUT2D eigenvalue weighted by Gasteiger charge is 2.06. The quantitative estimate of drug-likeness (QED) is 0.471. The van der Waals surface area contributed by atoms with E-state index in [0.717, 1.165) is 23.0 Å². The third kappa shape index (κ3) is 11.0. The fourth-order valence-electron chi connectivity index (χ4n) is 1.90. The zero-order chi connectivity index (χ0) is 21.0. The van der Waals surface area contributed by atoms with Gasteiger partial charge >= 0.3 is 6.68 Å². The first kappa shape index (κ1) is 25.5. The van der Waals surface area contributed by atoms with Crippen LogP contribution in [-0.4, -0.2) is 27.2 Å². The molecule has 0 heterocycles. The molecule has 148 valence electrons. The van der Waals surface area contributed by atoms with Crippen LogP contribution in [0, 0.1) is 0 Å².